The van der Waals surface area contributed by atoms with E-state index in [0.717, 1.165) is 19.6 Å². The number of piperidine rings is 1. The highest BCUT2D eigenvalue weighted by molar-refractivity contribution is 7.17. The van der Waals surface area contributed by atoms with E-state index in [0.29, 0.717) is 6.04 Å². The number of carbonyl (C=O) groups is 1. The number of thiophene rings is 1. The Labute approximate surface area is 199 Å². The summed E-state index contributed by atoms with van der Waals surface area (Å²) in [6.45, 7) is 3.18. The predicted octanol–water partition coefficient (Wildman–Crippen LogP) is 6.45. The lowest BCUT2D eigenvalue weighted by molar-refractivity contribution is -0.192. The van der Waals surface area contributed by atoms with Gasteiger partial charge in [-0.05, 0) is 83.4 Å². The zero-order valence-corrected chi connectivity index (χ0v) is 19.2. The number of nitrogens with one attached hydrogen (secondary N) is 1. The van der Waals surface area contributed by atoms with E-state index in [1.807, 2.05) is 11.3 Å². The third-order valence-corrected chi connectivity index (χ3v) is 6.82. The summed E-state index contributed by atoms with van der Waals surface area (Å²) in [5.41, 5.74) is 2.73. The third-order valence-electron chi connectivity index (χ3n) is 5.93. The topological polar surface area (TPSA) is 52.6 Å². The molecule has 0 unspecified atom stereocenters. The van der Waals surface area contributed by atoms with Crippen molar-refractivity contribution >= 4 is 43.9 Å². The minimum Gasteiger partial charge on any atom is -0.475 e. The number of rotatable bonds is 4. The monoisotopic (exact) mass is 486 g/mol. The van der Waals surface area contributed by atoms with Gasteiger partial charge in [-0.3, -0.25) is 0 Å². The molecule has 0 aliphatic carbocycles. The molecule has 0 amide bonds. The van der Waals surface area contributed by atoms with E-state index in [2.05, 4.69) is 82.3 Å². The molecule has 1 aliphatic heterocycles. The molecular weight excluding hydrogens is 461 g/mol. The van der Waals surface area contributed by atoms with Crippen molar-refractivity contribution in [3.63, 3.8) is 0 Å². The molecular formula is C26H25F3N2O2S. The Morgan fingerprint density at radius 3 is 2.38 bits per heavy atom. The fourth-order valence-corrected chi connectivity index (χ4v) is 4.99. The van der Waals surface area contributed by atoms with E-state index < -0.39 is 12.1 Å². The van der Waals surface area contributed by atoms with Gasteiger partial charge in [0.2, 0.25) is 0 Å². The molecule has 5 rings (SSSR count). The van der Waals surface area contributed by atoms with Crippen molar-refractivity contribution in [2.45, 2.75) is 31.6 Å². The number of anilines is 1. The Morgan fingerprint density at radius 2 is 1.68 bits per heavy atom. The van der Waals surface area contributed by atoms with Crippen LogP contribution in [0.4, 0.5) is 18.9 Å². The quantitative estimate of drug-likeness (QED) is 0.348. The molecule has 34 heavy (non-hydrogen) atoms. The van der Waals surface area contributed by atoms with E-state index in [4.69, 9.17) is 9.90 Å². The van der Waals surface area contributed by atoms with Crippen molar-refractivity contribution in [2.75, 3.05) is 18.0 Å². The second-order valence-electron chi connectivity index (χ2n) is 8.24. The van der Waals surface area contributed by atoms with Gasteiger partial charge < -0.3 is 15.3 Å². The van der Waals surface area contributed by atoms with Gasteiger partial charge in [0.05, 0.1) is 0 Å². The number of carboxylic acids is 1. The summed E-state index contributed by atoms with van der Waals surface area (Å²) >= 11 is 1.82. The Morgan fingerprint density at radius 1 is 0.971 bits per heavy atom. The van der Waals surface area contributed by atoms with Crippen LogP contribution in [0, 0.1) is 0 Å². The van der Waals surface area contributed by atoms with Gasteiger partial charge in [0.25, 0.3) is 0 Å². The average molecular weight is 487 g/mol. The van der Waals surface area contributed by atoms with Crippen LogP contribution in [0.25, 0.3) is 20.9 Å². The van der Waals surface area contributed by atoms with Gasteiger partial charge in [-0.25, -0.2) is 4.79 Å². The number of nitrogens with zero attached hydrogens (tertiary/aromatic N) is 1. The van der Waals surface area contributed by atoms with Crippen LogP contribution in [0.5, 0.6) is 0 Å². The maximum Gasteiger partial charge on any atom is 0.490 e. The van der Waals surface area contributed by atoms with Gasteiger partial charge in [0, 0.05) is 23.0 Å². The molecule has 1 fully saturated rings. The summed E-state index contributed by atoms with van der Waals surface area (Å²) in [6.07, 6.45) is -2.68. The molecule has 0 atom stereocenters. The van der Waals surface area contributed by atoms with Crippen LogP contribution >= 0.6 is 11.3 Å². The van der Waals surface area contributed by atoms with E-state index >= 15 is 0 Å². The molecule has 3 aromatic carbocycles. The number of hydrogen-bond donors (Lipinski definition) is 2. The molecule has 0 saturated carbocycles. The molecule has 0 spiro atoms. The zero-order valence-electron chi connectivity index (χ0n) is 18.4. The van der Waals surface area contributed by atoms with Crippen molar-refractivity contribution < 1.29 is 23.1 Å². The summed E-state index contributed by atoms with van der Waals surface area (Å²) < 4.78 is 33.1. The molecule has 2 heterocycles. The van der Waals surface area contributed by atoms with Gasteiger partial charge in [-0.15, -0.1) is 11.3 Å². The number of hydrogen-bond acceptors (Lipinski definition) is 4. The summed E-state index contributed by atoms with van der Waals surface area (Å²) in [6, 6.07) is 25.3. The van der Waals surface area contributed by atoms with Crippen LogP contribution in [0.1, 0.15) is 18.4 Å². The molecule has 1 aliphatic rings. The van der Waals surface area contributed by atoms with Crippen LogP contribution in [-0.4, -0.2) is 36.4 Å². The van der Waals surface area contributed by atoms with Crippen LogP contribution < -0.4 is 10.2 Å². The predicted molar refractivity (Wildman–Crippen MR) is 132 cm³/mol. The molecule has 4 nitrogen and oxygen atoms in total. The standard InChI is InChI=1S/C24H24N2S.C2HF3O2/c1-2-4-20-15-18(5-6-19(20)3-1)17-26(22-9-12-25-13-10-22)23-7-8-24-21(16-23)11-14-27-24;3-2(4,5)1(6)7/h1-8,11,14-16,22,25H,9-10,12-13,17H2;(H,6,7). The summed E-state index contributed by atoms with van der Waals surface area (Å²) in [4.78, 5) is 11.5. The van der Waals surface area contributed by atoms with E-state index in [-0.39, 0.29) is 0 Å². The first kappa shape index (κ1) is 24.0. The van der Waals surface area contributed by atoms with Gasteiger partial charge in [-0.2, -0.15) is 13.2 Å². The lowest BCUT2D eigenvalue weighted by Gasteiger charge is -2.36. The van der Waals surface area contributed by atoms with Crippen molar-refractivity contribution in [2.24, 2.45) is 0 Å². The number of alkyl halides is 3. The molecule has 0 radical (unpaired) electrons. The molecule has 1 saturated heterocycles. The van der Waals surface area contributed by atoms with Crippen molar-refractivity contribution in [1.82, 2.24) is 5.32 Å². The highest BCUT2D eigenvalue weighted by atomic mass is 32.1. The number of fused-ring (bicyclic) bond motifs is 2. The summed E-state index contributed by atoms with van der Waals surface area (Å²) in [5.74, 6) is -2.76. The Kier molecular flexibility index (Phi) is 7.38. The van der Waals surface area contributed by atoms with Crippen molar-refractivity contribution in [3.05, 3.63) is 77.7 Å². The second-order valence-corrected chi connectivity index (χ2v) is 9.18. The summed E-state index contributed by atoms with van der Waals surface area (Å²) in [5, 5.41) is 16.8. The normalized spacial score (nSPS) is 14.6. The number of carboxylic acid groups (broad SMARTS) is 1. The Bertz CT molecular complexity index is 1270. The molecule has 4 aromatic rings. The largest absolute Gasteiger partial charge is 0.490 e. The minimum absolute atomic E-state index is 0.591. The van der Waals surface area contributed by atoms with Gasteiger partial charge >= 0.3 is 12.1 Å². The van der Waals surface area contributed by atoms with Crippen LogP contribution in [0.3, 0.4) is 0 Å². The molecule has 2 N–H and O–H groups in total. The first-order chi connectivity index (χ1) is 16.3. The molecule has 8 heteroatoms. The SMILES string of the molecule is O=C(O)C(F)(F)F.c1ccc2cc(CN(c3ccc4sccc4c3)C3CCNCC3)ccc2c1. The first-order valence-corrected chi connectivity index (χ1v) is 11.9. The third kappa shape index (κ3) is 5.87. The van der Waals surface area contributed by atoms with E-state index in [9.17, 15) is 13.2 Å². The Balaban J connectivity index is 0.000000344. The highest BCUT2D eigenvalue weighted by Crippen LogP contribution is 2.30. The van der Waals surface area contributed by atoms with Crippen LogP contribution in [0.2, 0.25) is 0 Å². The maximum absolute atomic E-state index is 10.6. The molecule has 1 aromatic heterocycles. The lowest BCUT2D eigenvalue weighted by Crippen LogP contribution is -2.43. The van der Waals surface area contributed by atoms with Crippen molar-refractivity contribution in [3.8, 4) is 0 Å². The number of aliphatic carboxylic acids is 1. The highest BCUT2D eigenvalue weighted by Gasteiger charge is 2.38. The smallest absolute Gasteiger partial charge is 0.475 e. The number of halogens is 3. The number of benzene rings is 3. The molecule has 0 bridgehead atoms. The maximum atomic E-state index is 10.6. The first-order valence-electron chi connectivity index (χ1n) is 11.0. The fraction of sp³-hybridized carbons (Fsp3) is 0.269. The van der Waals surface area contributed by atoms with Crippen LogP contribution in [0.15, 0.2) is 72.1 Å². The van der Waals surface area contributed by atoms with Crippen molar-refractivity contribution in [1.29, 1.82) is 0 Å². The van der Waals surface area contributed by atoms with Crippen LogP contribution in [-0.2, 0) is 11.3 Å². The minimum atomic E-state index is -5.08. The van der Waals surface area contributed by atoms with E-state index in [1.165, 1.54) is 45.0 Å². The lowest BCUT2D eigenvalue weighted by atomic mass is 10.0. The van der Waals surface area contributed by atoms with Gasteiger partial charge in [0.1, 0.15) is 0 Å². The Hall–Kier alpha value is -3.10. The van der Waals surface area contributed by atoms with E-state index in [1.54, 1.807) is 0 Å². The molecule has 178 valence electrons. The summed E-state index contributed by atoms with van der Waals surface area (Å²) in [7, 11) is 0. The second kappa shape index (κ2) is 10.4. The average Bonchev–Trinajstić information content (AvgIpc) is 3.31. The van der Waals surface area contributed by atoms with Gasteiger partial charge in [-0.1, -0.05) is 36.4 Å². The fourth-order valence-electron chi connectivity index (χ4n) is 4.22. The zero-order chi connectivity index (χ0) is 24.1. The van der Waals surface area contributed by atoms with Gasteiger partial charge in [0.15, 0.2) is 0 Å².